The first-order chi connectivity index (χ1) is 26.5. The zero-order valence-electron chi connectivity index (χ0n) is 30.1. The molecule has 8 rings (SSSR count). The molecule has 1 amide bonds. The van der Waals surface area contributed by atoms with Crippen molar-refractivity contribution in [3.05, 3.63) is 83.6 Å². The topological polar surface area (TPSA) is 108 Å². The Labute approximate surface area is 314 Å². The summed E-state index contributed by atoms with van der Waals surface area (Å²) in [6, 6.07) is 7.50. The highest BCUT2D eigenvalue weighted by atomic mass is 19.1. The number of hydrogen-bond donors (Lipinski definition) is 1. The molecule has 282 valence electrons. The van der Waals surface area contributed by atoms with E-state index in [9.17, 15) is 18.7 Å². The van der Waals surface area contributed by atoms with Crippen molar-refractivity contribution in [1.29, 1.82) is 0 Å². The van der Waals surface area contributed by atoms with Gasteiger partial charge in [0.15, 0.2) is 11.6 Å². The van der Waals surface area contributed by atoms with Crippen LogP contribution in [0.1, 0.15) is 43.7 Å². The number of carbonyl (C=O) groups is 1. The second-order valence-corrected chi connectivity index (χ2v) is 14.5. The van der Waals surface area contributed by atoms with E-state index in [1.165, 1.54) is 41.6 Å². The molecule has 0 saturated carbocycles. The third kappa shape index (κ3) is 6.36. The number of alkyl halides is 1. The van der Waals surface area contributed by atoms with Gasteiger partial charge < -0.3 is 19.6 Å². The number of halogens is 4. The summed E-state index contributed by atoms with van der Waals surface area (Å²) in [5, 5.41) is 11.4. The lowest BCUT2D eigenvalue weighted by atomic mass is 9.95. The number of carbonyl (C=O) groups excluding carboxylic acids is 1. The van der Waals surface area contributed by atoms with Gasteiger partial charge in [0.2, 0.25) is 0 Å². The van der Waals surface area contributed by atoms with Crippen LogP contribution in [-0.2, 0) is 4.79 Å². The second-order valence-electron chi connectivity index (χ2n) is 14.5. The van der Waals surface area contributed by atoms with Crippen LogP contribution in [0.3, 0.4) is 0 Å². The molecule has 4 atom stereocenters. The maximum atomic E-state index is 17.1. The molecule has 3 aromatic heterocycles. The monoisotopic (exact) mass is 751 g/mol. The summed E-state index contributed by atoms with van der Waals surface area (Å²) in [5.41, 5.74) is -0.583. The number of likely N-dealkylation sites (tertiary alicyclic amines) is 1. The van der Waals surface area contributed by atoms with Gasteiger partial charge in [-0.15, -0.1) is 6.42 Å². The highest BCUT2D eigenvalue weighted by molar-refractivity contribution is 6.03. The first kappa shape index (κ1) is 36.2. The molecule has 6 heterocycles. The molecule has 3 saturated heterocycles. The Balaban J connectivity index is 1.20. The lowest BCUT2D eigenvalue weighted by Gasteiger charge is -2.33. The van der Waals surface area contributed by atoms with Crippen molar-refractivity contribution in [3.8, 4) is 35.4 Å². The van der Waals surface area contributed by atoms with Gasteiger partial charge in [-0.05, 0) is 74.0 Å². The lowest BCUT2D eigenvalue weighted by Crippen LogP contribution is -2.44. The largest absolute Gasteiger partial charge is 0.508 e. The van der Waals surface area contributed by atoms with Crippen LogP contribution in [0.5, 0.6) is 11.8 Å². The van der Waals surface area contributed by atoms with E-state index >= 15 is 8.78 Å². The second kappa shape index (κ2) is 14.1. The molecule has 0 aliphatic carbocycles. The Morgan fingerprint density at radius 1 is 1.20 bits per heavy atom. The Morgan fingerprint density at radius 3 is 2.82 bits per heavy atom. The summed E-state index contributed by atoms with van der Waals surface area (Å²) in [4.78, 5) is 36.3. The number of aromatic hydroxyl groups is 1. The van der Waals surface area contributed by atoms with E-state index in [-0.39, 0.29) is 63.8 Å². The third-order valence-corrected chi connectivity index (χ3v) is 11.3. The molecule has 2 aromatic carbocycles. The quantitative estimate of drug-likeness (QED) is 0.107. The number of anilines is 1. The fourth-order valence-corrected chi connectivity index (χ4v) is 8.63. The van der Waals surface area contributed by atoms with Crippen LogP contribution in [0.25, 0.3) is 39.0 Å². The van der Waals surface area contributed by atoms with E-state index in [1.807, 2.05) is 0 Å². The van der Waals surface area contributed by atoms with Crippen molar-refractivity contribution < 1.29 is 32.2 Å². The SMILES string of the molecule is C#Cc1c(F)ccc2cc(O)cc(-c3ncc4c(N(C)[C@H]5CCN(C(=O)/C(F)=C/c6cccnc6)[C@H]5C)nc(OC[C@@]56CCCN5C[C@H](F)C6)nc4c3F)c12. The number of fused-ring (bicyclic) bond motifs is 3. The number of ether oxygens (including phenoxy) is 1. The molecule has 0 unspecified atom stereocenters. The normalized spacial score (nSPS) is 22.7. The molecular formula is C41H37F4N7O3. The van der Waals surface area contributed by atoms with Gasteiger partial charge in [-0.25, -0.2) is 17.6 Å². The highest BCUT2D eigenvalue weighted by Crippen LogP contribution is 2.42. The number of benzene rings is 2. The summed E-state index contributed by atoms with van der Waals surface area (Å²) < 4.78 is 68.1. The van der Waals surface area contributed by atoms with Crippen molar-refractivity contribution in [2.75, 3.05) is 38.2 Å². The molecule has 0 radical (unpaired) electrons. The predicted octanol–water partition coefficient (Wildman–Crippen LogP) is 6.60. The van der Waals surface area contributed by atoms with Crippen molar-refractivity contribution in [1.82, 2.24) is 29.7 Å². The van der Waals surface area contributed by atoms with E-state index in [1.54, 1.807) is 37.2 Å². The summed E-state index contributed by atoms with van der Waals surface area (Å²) in [6.07, 6.45) is 12.6. The number of phenolic OH excluding ortho intramolecular Hbond substituents is 1. The molecule has 0 spiro atoms. The number of rotatable bonds is 8. The number of phenols is 1. The minimum Gasteiger partial charge on any atom is -0.508 e. The predicted molar refractivity (Wildman–Crippen MR) is 200 cm³/mol. The number of amides is 1. The minimum atomic E-state index is -0.998. The van der Waals surface area contributed by atoms with Crippen molar-refractivity contribution >= 4 is 39.5 Å². The number of nitrogens with zero attached hydrogens (tertiary/aromatic N) is 7. The van der Waals surface area contributed by atoms with E-state index < -0.39 is 47.2 Å². The summed E-state index contributed by atoms with van der Waals surface area (Å²) >= 11 is 0. The first-order valence-electron chi connectivity index (χ1n) is 18.1. The van der Waals surface area contributed by atoms with Gasteiger partial charge in [0.1, 0.15) is 41.4 Å². The van der Waals surface area contributed by atoms with Gasteiger partial charge in [0, 0.05) is 62.1 Å². The molecule has 3 aliphatic rings. The summed E-state index contributed by atoms with van der Waals surface area (Å²) in [7, 11) is 1.74. The highest BCUT2D eigenvalue weighted by Gasteiger charge is 2.49. The molecule has 0 bridgehead atoms. The number of aromatic nitrogens is 4. The maximum absolute atomic E-state index is 17.1. The van der Waals surface area contributed by atoms with Crippen molar-refractivity contribution in [3.63, 3.8) is 0 Å². The number of hydrogen-bond acceptors (Lipinski definition) is 9. The van der Waals surface area contributed by atoms with Gasteiger partial charge in [-0.1, -0.05) is 18.1 Å². The zero-order valence-corrected chi connectivity index (χ0v) is 30.1. The van der Waals surface area contributed by atoms with Crippen molar-refractivity contribution in [2.24, 2.45) is 0 Å². The van der Waals surface area contributed by atoms with Crippen LogP contribution in [0.15, 0.2) is 60.8 Å². The van der Waals surface area contributed by atoms with Gasteiger partial charge in [-0.3, -0.25) is 19.7 Å². The lowest BCUT2D eigenvalue weighted by molar-refractivity contribution is -0.129. The average molecular weight is 752 g/mol. The number of pyridine rings is 2. The van der Waals surface area contributed by atoms with Crippen molar-refractivity contribution in [2.45, 2.75) is 56.4 Å². The first-order valence-corrected chi connectivity index (χ1v) is 18.1. The number of terminal acetylenes is 1. The fourth-order valence-electron chi connectivity index (χ4n) is 8.63. The standard InChI is InChI=1S/C41H37F4N7O3/c1-4-28-31(43)9-8-25-16-27(53)17-29(34(25)28)36-35(45)37-30(20-47-36)38(49-40(48-37)55-22-41-11-6-13-51(41)21-26(42)18-41)50(3)33-10-14-52(23(33)2)39(54)32(44)15-24-7-5-12-46-19-24/h1,5,7-9,12,15-17,19-20,23,26,33,53H,6,10-11,13-14,18,21-22H2,2-3H3/b32-15-/t23-,26+,33-,41-/m0/s1. The van der Waals surface area contributed by atoms with E-state index in [2.05, 4.69) is 25.8 Å². The van der Waals surface area contributed by atoms with Crippen LogP contribution >= 0.6 is 0 Å². The molecule has 14 heteroatoms. The van der Waals surface area contributed by atoms with Crippen LogP contribution in [0.2, 0.25) is 0 Å². The Morgan fingerprint density at radius 2 is 2.04 bits per heavy atom. The van der Waals surface area contributed by atoms with E-state index in [0.717, 1.165) is 25.5 Å². The van der Waals surface area contributed by atoms with Gasteiger partial charge in [0.05, 0.1) is 22.5 Å². The molecule has 3 fully saturated rings. The Kier molecular flexibility index (Phi) is 9.29. The molecule has 10 nitrogen and oxygen atoms in total. The van der Waals surface area contributed by atoms with Crippen LogP contribution in [0, 0.1) is 24.0 Å². The van der Waals surface area contributed by atoms with Gasteiger partial charge in [-0.2, -0.15) is 9.97 Å². The zero-order chi connectivity index (χ0) is 38.6. The van der Waals surface area contributed by atoms with Crippen LogP contribution < -0.4 is 9.64 Å². The molecule has 55 heavy (non-hydrogen) atoms. The molecule has 5 aromatic rings. The number of likely N-dealkylation sites (N-methyl/N-ethyl adjacent to an activating group) is 1. The van der Waals surface area contributed by atoms with E-state index in [0.29, 0.717) is 30.3 Å². The molecule has 3 aliphatic heterocycles. The van der Waals surface area contributed by atoms with Gasteiger partial charge in [0.25, 0.3) is 5.91 Å². The summed E-state index contributed by atoms with van der Waals surface area (Å²) in [5.74, 6) is -0.934. The Hall–Kier alpha value is -5.81. The van der Waals surface area contributed by atoms with Crippen LogP contribution in [-0.4, -0.2) is 97.8 Å². The Bertz CT molecular complexity index is 2410. The van der Waals surface area contributed by atoms with E-state index in [4.69, 9.17) is 16.1 Å². The average Bonchev–Trinajstić information content (AvgIpc) is 3.84. The minimum absolute atomic E-state index is 0.0539. The summed E-state index contributed by atoms with van der Waals surface area (Å²) in [6.45, 7) is 3.18. The maximum Gasteiger partial charge on any atom is 0.319 e. The fraction of sp³-hybridized carbons (Fsp3) is 0.341. The smallest absolute Gasteiger partial charge is 0.319 e. The third-order valence-electron chi connectivity index (χ3n) is 11.3. The molecule has 1 N–H and O–H groups in total. The molecular weight excluding hydrogens is 714 g/mol. The van der Waals surface area contributed by atoms with Gasteiger partial charge >= 0.3 is 6.01 Å². The van der Waals surface area contributed by atoms with Crippen LogP contribution in [0.4, 0.5) is 23.4 Å².